The second-order valence-corrected chi connectivity index (χ2v) is 8.90. The van der Waals surface area contributed by atoms with Crippen molar-refractivity contribution in [3.8, 4) is 0 Å². The third-order valence-corrected chi connectivity index (χ3v) is 6.30. The lowest BCUT2D eigenvalue weighted by molar-refractivity contribution is 0.616. The van der Waals surface area contributed by atoms with Crippen LogP contribution in [0.25, 0.3) is 0 Å². The van der Waals surface area contributed by atoms with Crippen molar-refractivity contribution in [2.45, 2.75) is 110 Å². The molecule has 2 aromatic carbocycles. The van der Waals surface area contributed by atoms with Gasteiger partial charge < -0.3 is 0 Å². The van der Waals surface area contributed by atoms with Crippen molar-refractivity contribution in [2.24, 2.45) is 0 Å². The second-order valence-electron chi connectivity index (χ2n) is 8.90. The van der Waals surface area contributed by atoms with Gasteiger partial charge in [-0.3, -0.25) is 0 Å². The van der Waals surface area contributed by atoms with E-state index in [4.69, 9.17) is 0 Å². The molecular weight excluding hydrogens is 348 g/mol. The van der Waals surface area contributed by atoms with Gasteiger partial charge in [0.2, 0.25) is 0 Å². The van der Waals surface area contributed by atoms with E-state index in [1.165, 1.54) is 82.6 Å². The van der Waals surface area contributed by atoms with Crippen molar-refractivity contribution in [3.05, 3.63) is 70.8 Å². The van der Waals surface area contributed by atoms with E-state index in [0.29, 0.717) is 5.92 Å². The zero-order valence-electron chi connectivity index (χ0n) is 19.4. The van der Waals surface area contributed by atoms with Crippen molar-refractivity contribution in [1.82, 2.24) is 0 Å². The quantitative estimate of drug-likeness (QED) is 0.265. The van der Waals surface area contributed by atoms with Crippen LogP contribution in [-0.2, 0) is 19.3 Å². The van der Waals surface area contributed by atoms with Crippen LogP contribution in [-0.4, -0.2) is 0 Å². The maximum Gasteiger partial charge on any atom is -0.0147 e. The van der Waals surface area contributed by atoms with Gasteiger partial charge in [0.25, 0.3) is 0 Å². The van der Waals surface area contributed by atoms with Crippen LogP contribution in [0.3, 0.4) is 0 Å². The van der Waals surface area contributed by atoms with Crippen molar-refractivity contribution in [2.75, 3.05) is 0 Å². The SMILES string of the molecule is CCCCCCCc1cccc(C(C)Cc2ccccc2)c1CCCCCCC. The molecule has 0 aliphatic heterocycles. The van der Waals surface area contributed by atoms with Crippen molar-refractivity contribution >= 4 is 0 Å². The number of hydrogen-bond acceptors (Lipinski definition) is 0. The summed E-state index contributed by atoms with van der Waals surface area (Å²) in [6.07, 6.45) is 17.3. The highest BCUT2D eigenvalue weighted by molar-refractivity contribution is 5.38. The molecule has 0 spiro atoms. The van der Waals surface area contributed by atoms with Crippen molar-refractivity contribution < 1.29 is 0 Å². The number of rotatable bonds is 15. The third-order valence-electron chi connectivity index (χ3n) is 6.30. The molecule has 0 heterocycles. The highest BCUT2D eigenvalue weighted by Crippen LogP contribution is 2.29. The predicted octanol–water partition coefficient (Wildman–Crippen LogP) is 9.06. The summed E-state index contributed by atoms with van der Waals surface area (Å²) >= 11 is 0. The molecule has 29 heavy (non-hydrogen) atoms. The monoisotopic (exact) mass is 392 g/mol. The summed E-state index contributed by atoms with van der Waals surface area (Å²) in [7, 11) is 0. The van der Waals surface area contributed by atoms with Crippen LogP contribution in [0.1, 0.15) is 113 Å². The van der Waals surface area contributed by atoms with Crippen molar-refractivity contribution in [3.63, 3.8) is 0 Å². The van der Waals surface area contributed by atoms with E-state index in [1.54, 1.807) is 16.7 Å². The first-order chi connectivity index (χ1) is 14.3. The lowest BCUT2D eigenvalue weighted by Gasteiger charge is -2.20. The first-order valence-corrected chi connectivity index (χ1v) is 12.4. The average molecular weight is 393 g/mol. The molecule has 2 aromatic rings. The fraction of sp³-hybridized carbons (Fsp3) is 0.586. The fourth-order valence-electron chi connectivity index (χ4n) is 4.56. The Morgan fingerprint density at radius 2 is 1.24 bits per heavy atom. The zero-order valence-corrected chi connectivity index (χ0v) is 19.4. The van der Waals surface area contributed by atoms with Gasteiger partial charge in [-0.2, -0.15) is 0 Å². The lowest BCUT2D eigenvalue weighted by atomic mass is 9.85. The number of benzene rings is 2. The molecule has 0 bridgehead atoms. The van der Waals surface area contributed by atoms with Crippen LogP contribution in [0.5, 0.6) is 0 Å². The minimum atomic E-state index is 0.586. The molecule has 1 unspecified atom stereocenters. The van der Waals surface area contributed by atoms with E-state index in [9.17, 15) is 0 Å². The molecule has 0 fully saturated rings. The van der Waals surface area contributed by atoms with E-state index < -0.39 is 0 Å². The third kappa shape index (κ3) is 8.77. The Labute approximate surface area is 181 Å². The molecule has 0 N–H and O–H groups in total. The van der Waals surface area contributed by atoms with Gasteiger partial charge >= 0.3 is 0 Å². The lowest BCUT2D eigenvalue weighted by Crippen LogP contribution is -2.07. The van der Waals surface area contributed by atoms with E-state index in [2.05, 4.69) is 69.3 Å². The molecular formula is C29H44. The summed E-state index contributed by atoms with van der Waals surface area (Å²) in [6, 6.07) is 18.2. The largest absolute Gasteiger partial charge is 0.0654 e. The van der Waals surface area contributed by atoms with Crippen LogP contribution >= 0.6 is 0 Å². The Morgan fingerprint density at radius 3 is 1.90 bits per heavy atom. The van der Waals surface area contributed by atoms with Gasteiger partial charge in [0.15, 0.2) is 0 Å². The summed E-state index contributed by atoms with van der Waals surface area (Å²) in [5, 5.41) is 0. The minimum absolute atomic E-state index is 0.586. The second kappa shape index (κ2) is 14.4. The first kappa shape index (κ1) is 23.7. The van der Waals surface area contributed by atoms with Crippen LogP contribution in [0.4, 0.5) is 0 Å². The maximum absolute atomic E-state index is 2.42. The number of unbranched alkanes of at least 4 members (excludes halogenated alkanes) is 8. The Balaban J connectivity index is 2.08. The summed E-state index contributed by atoms with van der Waals surface area (Å²) in [5.74, 6) is 0.586. The van der Waals surface area contributed by atoms with Gasteiger partial charge in [-0.1, -0.05) is 121 Å². The van der Waals surface area contributed by atoms with Gasteiger partial charge in [-0.25, -0.2) is 0 Å². The molecule has 0 aliphatic rings. The Hall–Kier alpha value is -1.56. The van der Waals surface area contributed by atoms with Crippen molar-refractivity contribution in [1.29, 1.82) is 0 Å². The zero-order chi connectivity index (χ0) is 20.7. The average Bonchev–Trinajstić information content (AvgIpc) is 2.74. The molecule has 160 valence electrons. The number of aryl methyl sites for hydroxylation is 1. The summed E-state index contributed by atoms with van der Waals surface area (Å²) in [5.41, 5.74) is 6.38. The van der Waals surface area contributed by atoms with Gasteiger partial charge in [0.05, 0.1) is 0 Å². The van der Waals surface area contributed by atoms with Crippen LogP contribution < -0.4 is 0 Å². The van der Waals surface area contributed by atoms with Crippen LogP contribution in [0, 0.1) is 0 Å². The standard InChI is InChI=1S/C29H44/c1-4-6-8-10-15-20-27-21-17-23-28(29(27)22-16-11-9-7-5-2)25(3)24-26-18-13-12-14-19-26/h12-14,17-19,21,23,25H,4-11,15-16,20,22,24H2,1-3H3. The van der Waals surface area contributed by atoms with E-state index in [-0.39, 0.29) is 0 Å². The number of hydrogen-bond donors (Lipinski definition) is 0. The van der Waals surface area contributed by atoms with Gasteiger partial charge in [-0.15, -0.1) is 0 Å². The molecule has 0 saturated heterocycles. The highest BCUT2D eigenvalue weighted by atomic mass is 14.2. The molecule has 0 aromatic heterocycles. The molecule has 0 amide bonds. The highest BCUT2D eigenvalue weighted by Gasteiger charge is 2.14. The van der Waals surface area contributed by atoms with Gasteiger partial charge in [0, 0.05) is 0 Å². The van der Waals surface area contributed by atoms with Gasteiger partial charge in [-0.05, 0) is 60.3 Å². The minimum Gasteiger partial charge on any atom is -0.0654 e. The molecule has 1 atom stereocenters. The molecule has 0 aliphatic carbocycles. The molecule has 0 heteroatoms. The maximum atomic E-state index is 2.42. The van der Waals surface area contributed by atoms with E-state index in [1.807, 2.05) is 0 Å². The molecule has 0 saturated carbocycles. The first-order valence-electron chi connectivity index (χ1n) is 12.4. The smallest absolute Gasteiger partial charge is 0.0147 e. The Kier molecular flexibility index (Phi) is 11.8. The Morgan fingerprint density at radius 1 is 0.621 bits per heavy atom. The van der Waals surface area contributed by atoms with E-state index in [0.717, 1.165) is 6.42 Å². The van der Waals surface area contributed by atoms with Crippen LogP contribution in [0.2, 0.25) is 0 Å². The van der Waals surface area contributed by atoms with Gasteiger partial charge in [0.1, 0.15) is 0 Å². The van der Waals surface area contributed by atoms with E-state index >= 15 is 0 Å². The normalized spacial score (nSPS) is 12.2. The summed E-state index contributed by atoms with van der Waals surface area (Å²) < 4.78 is 0. The van der Waals surface area contributed by atoms with Crippen LogP contribution in [0.15, 0.2) is 48.5 Å². The molecule has 0 radical (unpaired) electrons. The topological polar surface area (TPSA) is 0 Å². The fourth-order valence-corrected chi connectivity index (χ4v) is 4.56. The predicted molar refractivity (Wildman–Crippen MR) is 130 cm³/mol. The molecule has 0 nitrogen and oxygen atoms in total. The molecule has 2 rings (SSSR count). The summed E-state index contributed by atoms with van der Waals surface area (Å²) in [4.78, 5) is 0. The summed E-state index contributed by atoms with van der Waals surface area (Å²) in [6.45, 7) is 7.03. The Bertz CT molecular complexity index is 655.